The molecule has 0 radical (unpaired) electrons. The summed E-state index contributed by atoms with van der Waals surface area (Å²) in [7, 11) is 0. The van der Waals surface area contributed by atoms with Gasteiger partial charge in [-0.15, -0.1) is 17.8 Å². The van der Waals surface area contributed by atoms with Crippen LogP contribution in [-0.2, 0) is 16.0 Å². The molecule has 4 unspecified atom stereocenters. The minimum atomic E-state index is -0.767. The number of carbonyl (C=O) groups excluding carboxylic acids is 2. The molecule has 3 N–H and O–H groups in total. The number of terminal acetylenes is 1. The monoisotopic (exact) mass is 1020 g/mol. The van der Waals surface area contributed by atoms with Gasteiger partial charge in [-0.25, -0.2) is 13.8 Å². The summed E-state index contributed by atoms with van der Waals surface area (Å²) in [4.78, 5) is 52.5. The highest BCUT2D eigenvalue weighted by Gasteiger charge is 2.36. The summed E-state index contributed by atoms with van der Waals surface area (Å²) in [5, 5.41) is 22.6. The van der Waals surface area contributed by atoms with E-state index in [1.165, 1.54) is 30.5 Å². The Labute approximate surface area is 430 Å². The number of phenolic OH excluding ortho intramolecular Hbond substituents is 1. The van der Waals surface area contributed by atoms with E-state index in [0.717, 1.165) is 66.9 Å². The smallest absolute Gasteiger partial charge is 0.319 e. The Bertz CT molecular complexity index is 3270. The second-order valence-corrected chi connectivity index (χ2v) is 20.7. The highest BCUT2D eigenvalue weighted by atomic mass is 32.1. The number of nitrogens with zero attached hydrogens (tertiary/aromatic N) is 8. The molecule has 0 saturated carbocycles. The number of anilines is 1. The van der Waals surface area contributed by atoms with E-state index in [1.807, 2.05) is 43.6 Å². The molecule has 4 aliphatic rings. The number of halogens is 2. The van der Waals surface area contributed by atoms with Gasteiger partial charge >= 0.3 is 6.01 Å². The Morgan fingerprint density at radius 1 is 1.00 bits per heavy atom. The summed E-state index contributed by atoms with van der Waals surface area (Å²) >= 11 is 1.60. The van der Waals surface area contributed by atoms with E-state index in [0.29, 0.717) is 67.4 Å². The average molecular weight is 1020 g/mol. The van der Waals surface area contributed by atoms with Crippen LogP contribution in [0.1, 0.15) is 74.1 Å². The van der Waals surface area contributed by atoms with Crippen LogP contribution in [0.3, 0.4) is 0 Å². The maximum absolute atomic E-state index is 17.0. The number of aryl methyl sites for hydroxylation is 1. The number of rotatable bonds is 15. The standard InChI is InChI=1S/C55H56F2N10O6S/c1-4-41-44(56)14-11-36-22-39(68)23-42(48(36)41)50-49(57)51-43(26-58-50)53(66-27-37-12-13-38(28-66)61-37)63-55(62-51)71-21-20-65-18-15-33(16-19-65)29-72-46-24-40(73-64-46)25-47(69)67-17-5-6-45(67)54(70)60-31(2)34-7-9-35(10-8-34)52-32(3)59-30-74-52/h1,7-11,14,22-24,26,30-31,33,37-38,45,61,68H,5-6,12-13,15-21,25,27-29H2,2-3H3,(H,60,70). The molecule has 0 spiro atoms. The predicted octanol–water partition coefficient (Wildman–Crippen LogP) is 7.75. The summed E-state index contributed by atoms with van der Waals surface area (Å²) in [5.74, 6) is 1.93. The fraction of sp³-hybridized carbons (Fsp3) is 0.400. The lowest BCUT2D eigenvalue weighted by atomic mass is 9.96. The zero-order chi connectivity index (χ0) is 51.0. The minimum absolute atomic E-state index is 0.00506. The molecular formula is C55H56F2N10O6S. The molecule has 2 amide bonds. The molecule has 2 bridgehead atoms. The third kappa shape index (κ3) is 10.1. The first-order valence-corrected chi connectivity index (χ1v) is 26.2. The molecule has 3 aromatic carbocycles. The van der Waals surface area contributed by atoms with Gasteiger partial charge in [-0.2, -0.15) is 9.97 Å². The molecule has 4 aromatic heterocycles. The van der Waals surface area contributed by atoms with Gasteiger partial charge in [0.05, 0.1) is 46.1 Å². The summed E-state index contributed by atoms with van der Waals surface area (Å²) in [6, 6.07) is 15.0. The molecule has 4 aliphatic heterocycles. The average Bonchev–Trinajstić information content (AvgIpc) is 4.24. The van der Waals surface area contributed by atoms with E-state index in [9.17, 15) is 19.1 Å². The third-order valence-corrected chi connectivity index (χ3v) is 15.9. The van der Waals surface area contributed by atoms with Gasteiger partial charge in [0.25, 0.3) is 5.88 Å². The van der Waals surface area contributed by atoms with E-state index in [4.69, 9.17) is 25.4 Å². The van der Waals surface area contributed by atoms with Crippen molar-refractivity contribution < 1.29 is 37.5 Å². The highest BCUT2D eigenvalue weighted by Crippen LogP contribution is 2.40. The van der Waals surface area contributed by atoms with Crippen LogP contribution < -0.4 is 25.0 Å². The maximum atomic E-state index is 17.0. The van der Waals surface area contributed by atoms with Gasteiger partial charge in [-0.1, -0.05) is 36.3 Å². The van der Waals surface area contributed by atoms with Crippen LogP contribution in [0.2, 0.25) is 0 Å². The van der Waals surface area contributed by atoms with E-state index < -0.39 is 17.7 Å². The first-order chi connectivity index (χ1) is 36.0. The number of pyridine rings is 1. The zero-order valence-corrected chi connectivity index (χ0v) is 42.0. The number of piperazine rings is 1. The molecule has 7 aromatic rings. The van der Waals surface area contributed by atoms with Crippen molar-refractivity contribution in [3.05, 3.63) is 101 Å². The van der Waals surface area contributed by atoms with Crippen molar-refractivity contribution in [1.29, 1.82) is 0 Å². The summed E-state index contributed by atoms with van der Waals surface area (Å²) in [6.07, 6.45) is 12.4. The van der Waals surface area contributed by atoms with E-state index >= 15 is 4.39 Å². The van der Waals surface area contributed by atoms with Crippen LogP contribution in [0.4, 0.5) is 14.6 Å². The quantitative estimate of drug-likeness (QED) is 0.0848. The van der Waals surface area contributed by atoms with Crippen molar-refractivity contribution in [2.75, 3.05) is 57.4 Å². The lowest BCUT2D eigenvalue weighted by molar-refractivity contribution is -0.138. The number of ether oxygens (including phenoxy) is 2. The van der Waals surface area contributed by atoms with Gasteiger partial charge in [0, 0.05) is 61.5 Å². The lowest BCUT2D eigenvalue weighted by Crippen LogP contribution is -2.51. The van der Waals surface area contributed by atoms with Crippen LogP contribution in [0.15, 0.2) is 70.8 Å². The Kier molecular flexibility index (Phi) is 13.8. The Morgan fingerprint density at radius 2 is 1.80 bits per heavy atom. The number of aromatic hydroxyl groups is 1. The number of benzene rings is 3. The number of hydrogen-bond acceptors (Lipinski definition) is 15. The number of phenols is 1. The van der Waals surface area contributed by atoms with Crippen molar-refractivity contribution in [3.63, 3.8) is 0 Å². The second kappa shape index (κ2) is 20.9. The second-order valence-electron chi connectivity index (χ2n) is 19.8. The number of hydrogen-bond donors (Lipinski definition) is 3. The number of fused-ring (bicyclic) bond motifs is 4. The first-order valence-electron chi connectivity index (χ1n) is 25.3. The van der Waals surface area contributed by atoms with Gasteiger partial charge in [0.2, 0.25) is 11.8 Å². The molecular weight excluding hydrogens is 967 g/mol. The molecule has 11 rings (SSSR count). The van der Waals surface area contributed by atoms with E-state index in [1.54, 1.807) is 22.3 Å². The molecule has 4 fully saturated rings. The van der Waals surface area contributed by atoms with Gasteiger partial charge in [0.1, 0.15) is 47.0 Å². The number of aromatic nitrogens is 5. The van der Waals surface area contributed by atoms with E-state index in [-0.39, 0.29) is 88.4 Å². The molecule has 16 nitrogen and oxygen atoms in total. The molecule has 4 atom stereocenters. The number of likely N-dealkylation sites (tertiary alicyclic amines) is 2. The van der Waals surface area contributed by atoms with Gasteiger partial charge in [0.15, 0.2) is 5.82 Å². The molecule has 19 heteroatoms. The highest BCUT2D eigenvalue weighted by molar-refractivity contribution is 7.13. The van der Waals surface area contributed by atoms with Crippen LogP contribution in [-0.4, -0.2) is 122 Å². The molecule has 382 valence electrons. The Balaban J connectivity index is 0.680. The number of nitrogens with one attached hydrogen (secondary N) is 2. The van der Waals surface area contributed by atoms with Gasteiger partial charge < -0.3 is 39.5 Å². The SMILES string of the molecule is C#Cc1c(F)ccc2cc(O)cc(-c3ncc4c(N5CC6CCC(C5)N6)nc(OCCN5CCC(COc6cc(CC(=O)N7CCCC7C(=O)NC(C)c7ccc(-c8scnc8C)cc7)on6)CC5)nc4c3F)c12. The predicted molar refractivity (Wildman–Crippen MR) is 276 cm³/mol. The number of carbonyl (C=O) groups is 2. The van der Waals surface area contributed by atoms with Crippen molar-refractivity contribution in [2.24, 2.45) is 5.92 Å². The normalized spacial score (nSPS) is 19.5. The summed E-state index contributed by atoms with van der Waals surface area (Å²) < 4.78 is 49.8. The molecule has 4 saturated heterocycles. The summed E-state index contributed by atoms with van der Waals surface area (Å²) in [5.41, 5.74) is 4.83. The fourth-order valence-electron chi connectivity index (χ4n) is 11.0. The molecule has 8 heterocycles. The topological polar surface area (TPSA) is 184 Å². The van der Waals surface area contributed by atoms with Crippen molar-refractivity contribution in [1.82, 2.24) is 45.5 Å². The largest absolute Gasteiger partial charge is 0.508 e. The van der Waals surface area contributed by atoms with Crippen LogP contribution in [0, 0.1) is 36.8 Å². The fourth-order valence-corrected chi connectivity index (χ4v) is 11.8. The zero-order valence-electron chi connectivity index (χ0n) is 41.2. The number of piperidine rings is 1. The first kappa shape index (κ1) is 49.0. The number of thiazole rings is 1. The van der Waals surface area contributed by atoms with Crippen LogP contribution >= 0.6 is 11.3 Å². The van der Waals surface area contributed by atoms with Crippen molar-refractivity contribution >= 4 is 50.6 Å². The van der Waals surface area contributed by atoms with Crippen molar-refractivity contribution in [2.45, 2.75) is 83.0 Å². The molecule has 0 aliphatic carbocycles. The minimum Gasteiger partial charge on any atom is -0.508 e. The van der Waals surface area contributed by atoms with Gasteiger partial charge in [-0.05, 0) is 111 Å². The molecule has 74 heavy (non-hydrogen) atoms. The third-order valence-electron chi connectivity index (χ3n) is 14.9. The lowest BCUT2D eigenvalue weighted by Gasteiger charge is -2.34. The maximum Gasteiger partial charge on any atom is 0.319 e. The Morgan fingerprint density at radius 3 is 2.55 bits per heavy atom. The van der Waals surface area contributed by atoms with Crippen LogP contribution in [0.5, 0.6) is 17.6 Å². The number of amides is 2. The van der Waals surface area contributed by atoms with E-state index in [2.05, 4.69) is 46.5 Å². The van der Waals surface area contributed by atoms with Crippen molar-refractivity contribution in [3.8, 4) is 51.7 Å². The summed E-state index contributed by atoms with van der Waals surface area (Å²) in [6.45, 7) is 8.66. The van der Waals surface area contributed by atoms with Gasteiger partial charge in [-0.3, -0.25) is 19.5 Å². The Hall–Kier alpha value is -7.27. The van der Waals surface area contributed by atoms with Crippen LogP contribution in [0.25, 0.3) is 43.4 Å².